The molecule has 0 radical (unpaired) electrons. The molecule has 0 saturated carbocycles. The van der Waals surface area contributed by atoms with Gasteiger partial charge in [-0.15, -0.1) is 0 Å². The number of nitrogens with two attached hydrogens (primary N) is 1. The van der Waals surface area contributed by atoms with E-state index in [9.17, 15) is 38.7 Å². The molecule has 0 fully saturated rings. The molecule has 0 spiro atoms. The van der Waals surface area contributed by atoms with Gasteiger partial charge in [0, 0.05) is 6.42 Å². The van der Waals surface area contributed by atoms with Crippen LogP contribution in [0.5, 0.6) is 0 Å². The maximum Gasteiger partial charge on any atom is 0.326 e. The van der Waals surface area contributed by atoms with E-state index in [2.05, 4.69) is 10.6 Å². The summed E-state index contributed by atoms with van der Waals surface area (Å²) in [6.45, 7) is 3.24. The van der Waals surface area contributed by atoms with Gasteiger partial charge in [-0.05, 0) is 12.3 Å². The fraction of sp³-hybridized carbons (Fsp3) is 0.632. The van der Waals surface area contributed by atoms with E-state index in [1.54, 1.807) is 13.8 Å². The van der Waals surface area contributed by atoms with Gasteiger partial charge in [-0.25, -0.2) is 4.79 Å². The Hall–Kier alpha value is -3.75. The van der Waals surface area contributed by atoms with Crippen LogP contribution in [0, 0.1) is 5.92 Å². The van der Waals surface area contributed by atoms with Gasteiger partial charge in [0.05, 0.1) is 18.9 Å². The maximum atomic E-state index is 12.7. The highest BCUT2D eigenvalue weighted by atomic mass is 16.4. The van der Waals surface area contributed by atoms with Gasteiger partial charge < -0.3 is 42.1 Å². The molecule has 0 heterocycles. The standard InChI is InChI=1S/C19H30N4O11/c1-3-8(2)15(19(33)34)23-17(31)10(4-5-12(24)25)21-18(32)11(7-14(28)29)22-16(30)9(20)6-13(26)27/h8-11,15H,3-7,20H2,1-2H3,(H,21,32)(H,22,30)(H,23,31)(H,24,25)(H,26,27)(H,28,29)(H,33,34). The number of hydrogen-bond donors (Lipinski definition) is 8. The highest BCUT2D eigenvalue weighted by Crippen LogP contribution is 2.10. The average Bonchev–Trinajstić information content (AvgIpc) is 2.72. The fourth-order valence-electron chi connectivity index (χ4n) is 2.69. The Morgan fingerprint density at radius 1 is 0.735 bits per heavy atom. The first-order chi connectivity index (χ1) is 15.7. The third-order valence-electron chi connectivity index (χ3n) is 4.80. The number of rotatable bonds is 16. The molecule has 15 nitrogen and oxygen atoms in total. The largest absolute Gasteiger partial charge is 0.481 e. The van der Waals surface area contributed by atoms with Crippen molar-refractivity contribution >= 4 is 41.6 Å². The lowest BCUT2D eigenvalue weighted by atomic mass is 9.98. The molecule has 34 heavy (non-hydrogen) atoms. The van der Waals surface area contributed by atoms with Gasteiger partial charge in [-0.1, -0.05) is 20.3 Å². The number of hydrogen-bond acceptors (Lipinski definition) is 8. The minimum atomic E-state index is -1.78. The molecule has 192 valence electrons. The van der Waals surface area contributed by atoms with Crippen LogP contribution in [0.1, 0.15) is 46.0 Å². The van der Waals surface area contributed by atoms with Gasteiger partial charge >= 0.3 is 23.9 Å². The van der Waals surface area contributed by atoms with E-state index >= 15 is 0 Å². The molecule has 0 aromatic rings. The van der Waals surface area contributed by atoms with Crippen LogP contribution in [-0.4, -0.2) is 86.2 Å². The number of carbonyl (C=O) groups is 7. The Morgan fingerprint density at radius 2 is 1.24 bits per heavy atom. The van der Waals surface area contributed by atoms with Crippen LogP contribution in [0.4, 0.5) is 0 Å². The highest BCUT2D eigenvalue weighted by Gasteiger charge is 2.33. The molecular formula is C19H30N4O11. The van der Waals surface area contributed by atoms with Gasteiger partial charge in [0.15, 0.2) is 0 Å². The monoisotopic (exact) mass is 490 g/mol. The summed E-state index contributed by atoms with van der Waals surface area (Å²) in [6, 6.07) is -6.30. The molecule has 5 atom stereocenters. The third-order valence-corrected chi connectivity index (χ3v) is 4.80. The third kappa shape index (κ3) is 11.2. The van der Waals surface area contributed by atoms with Gasteiger partial charge in [0.1, 0.15) is 18.1 Å². The van der Waals surface area contributed by atoms with E-state index in [1.807, 2.05) is 5.32 Å². The van der Waals surface area contributed by atoms with Gasteiger partial charge in [0.25, 0.3) is 0 Å². The van der Waals surface area contributed by atoms with E-state index < -0.39 is 97.4 Å². The number of aliphatic carboxylic acids is 4. The number of carbonyl (C=O) groups excluding carboxylic acids is 3. The molecule has 0 aliphatic heterocycles. The number of nitrogens with one attached hydrogen (secondary N) is 3. The number of carboxylic acid groups (broad SMARTS) is 4. The first kappa shape index (κ1) is 30.2. The Bertz CT molecular complexity index is 801. The van der Waals surface area contributed by atoms with Crippen LogP contribution in [0.15, 0.2) is 0 Å². The van der Waals surface area contributed by atoms with Crippen molar-refractivity contribution in [2.45, 2.75) is 70.1 Å². The van der Waals surface area contributed by atoms with Crippen molar-refractivity contribution in [3.63, 3.8) is 0 Å². The van der Waals surface area contributed by atoms with Gasteiger partial charge in [-0.2, -0.15) is 0 Å². The van der Waals surface area contributed by atoms with Crippen molar-refractivity contribution in [2.24, 2.45) is 11.7 Å². The molecule has 0 rings (SSSR count). The fourth-order valence-corrected chi connectivity index (χ4v) is 2.69. The molecule has 9 N–H and O–H groups in total. The van der Waals surface area contributed by atoms with Crippen LogP contribution in [-0.2, 0) is 33.6 Å². The minimum Gasteiger partial charge on any atom is -0.481 e. The Morgan fingerprint density at radius 3 is 1.68 bits per heavy atom. The van der Waals surface area contributed by atoms with Crippen LogP contribution < -0.4 is 21.7 Å². The Labute approximate surface area is 194 Å². The molecule has 0 bridgehead atoms. The van der Waals surface area contributed by atoms with E-state index in [0.717, 1.165) is 0 Å². The lowest BCUT2D eigenvalue weighted by Gasteiger charge is -2.26. The molecule has 0 aliphatic carbocycles. The number of carboxylic acids is 4. The second-order valence-electron chi connectivity index (χ2n) is 7.57. The first-order valence-electron chi connectivity index (χ1n) is 10.2. The predicted molar refractivity (Wildman–Crippen MR) is 112 cm³/mol. The second kappa shape index (κ2) is 14.4. The predicted octanol–water partition coefficient (Wildman–Crippen LogP) is -2.29. The summed E-state index contributed by atoms with van der Waals surface area (Å²) < 4.78 is 0. The summed E-state index contributed by atoms with van der Waals surface area (Å²) in [5.41, 5.74) is 5.40. The molecule has 5 unspecified atom stereocenters. The van der Waals surface area contributed by atoms with E-state index in [4.69, 9.17) is 21.1 Å². The van der Waals surface area contributed by atoms with E-state index in [1.165, 1.54) is 0 Å². The van der Waals surface area contributed by atoms with Crippen molar-refractivity contribution in [1.82, 2.24) is 16.0 Å². The lowest BCUT2D eigenvalue weighted by Crippen LogP contribution is -2.58. The highest BCUT2D eigenvalue weighted by molar-refractivity contribution is 5.96. The van der Waals surface area contributed by atoms with Gasteiger partial charge in [-0.3, -0.25) is 28.8 Å². The lowest BCUT2D eigenvalue weighted by molar-refractivity contribution is -0.145. The van der Waals surface area contributed by atoms with Crippen LogP contribution >= 0.6 is 0 Å². The summed E-state index contributed by atoms with van der Waals surface area (Å²) in [7, 11) is 0. The quantitative estimate of drug-likeness (QED) is 0.114. The summed E-state index contributed by atoms with van der Waals surface area (Å²) in [6.07, 6.45) is -2.45. The van der Waals surface area contributed by atoms with Crippen LogP contribution in [0.2, 0.25) is 0 Å². The van der Waals surface area contributed by atoms with Crippen molar-refractivity contribution in [3.8, 4) is 0 Å². The molecule has 3 amide bonds. The zero-order chi connectivity index (χ0) is 26.6. The molecule has 0 aromatic heterocycles. The van der Waals surface area contributed by atoms with Crippen LogP contribution in [0.25, 0.3) is 0 Å². The molecular weight excluding hydrogens is 460 g/mol. The first-order valence-corrected chi connectivity index (χ1v) is 10.2. The normalized spacial score (nSPS) is 15.0. The zero-order valence-electron chi connectivity index (χ0n) is 18.6. The zero-order valence-corrected chi connectivity index (χ0v) is 18.6. The van der Waals surface area contributed by atoms with Crippen molar-refractivity contribution in [1.29, 1.82) is 0 Å². The molecule has 0 saturated heterocycles. The molecule has 0 aliphatic rings. The maximum absolute atomic E-state index is 12.7. The van der Waals surface area contributed by atoms with Crippen LogP contribution in [0.3, 0.4) is 0 Å². The van der Waals surface area contributed by atoms with Crippen molar-refractivity contribution < 1.29 is 54.0 Å². The number of amides is 3. The van der Waals surface area contributed by atoms with Crippen molar-refractivity contribution in [3.05, 3.63) is 0 Å². The van der Waals surface area contributed by atoms with Gasteiger partial charge in [0.2, 0.25) is 17.7 Å². The second-order valence-corrected chi connectivity index (χ2v) is 7.57. The molecule has 15 heteroatoms. The summed E-state index contributed by atoms with van der Waals surface area (Å²) in [4.78, 5) is 81.6. The summed E-state index contributed by atoms with van der Waals surface area (Å²) in [5, 5.41) is 42.3. The molecule has 0 aromatic carbocycles. The smallest absolute Gasteiger partial charge is 0.326 e. The summed E-state index contributed by atoms with van der Waals surface area (Å²) >= 11 is 0. The van der Waals surface area contributed by atoms with E-state index in [0.29, 0.717) is 6.42 Å². The summed E-state index contributed by atoms with van der Waals surface area (Å²) in [5.74, 6) is -9.48. The Balaban J connectivity index is 5.65. The Kier molecular flexibility index (Phi) is 12.8. The topological polar surface area (TPSA) is 263 Å². The van der Waals surface area contributed by atoms with Crippen molar-refractivity contribution in [2.75, 3.05) is 0 Å². The average molecular weight is 490 g/mol. The minimum absolute atomic E-state index is 0.382. The SMILES string of the molecule is CCC(C)C(NC(=O)C(CCC(=O)O)NC(=O)C(CC(=O)O)NC(=O)C(N)CC(=O)O)C(=O)O. The van der Waals surface area contributed by atoms with E-state index in [-0.39, 0.29) is 0 Å².